The van der Waals surface area contributed by atoms with E-state index in [9.17, 15) is 4.79 Å². The van der Waals surface area contributed by atoms with Crippen molar-refractivity contribution in [1.29, 1.82) is 0 Å². The summed E-state index contributed by atoms with van der Waals surface area (Å²) in [5.74, 6) is 0. The molecule has 0 atom stereocenters. The highest BCUT2D eigenvalue weighted by molar-refractivity contribution is 9.10. The SMILES string of the molecule is CCOCn1cnc(C)c(Br)c1=O. The summed E-state index contributed by atoms with van der Waals surface area (Å²) in [6.07, 6.45) is 1.48. The van der Waals surface area contributed by atoms with Gasteiger partial charge in [0.05, 0.1) is 12.0 Å². The Morgan fingerprint density at radius 2 is 2.38 bits per heavy atom. The van der Waals surface area contributed by atoms with Crippen molar-refractivity contribution in [2.45, 2.75) is 20.6 Å². The molecule has 0 radical (unpaired) electrons. The van der Waals surface area contributed by atoms with Gasteiger partial charge in [0.2, 0.25) is 0 Å². The van der Waals surface area contributed by atoms with Crippen molar-refractivity contribution in [1.82, 2.24) is 9.55 Å². The highest BCUT2D eigenvalue weighted by atomic mass is 79.9. The molecular formula is C8H11BrN2O2. The predicted octanol–water partition coefficient (Wildman–Crippen LogP) is 1.31. The van der Waals surface area contributed by atoms with Crippen molar-refractivity contribution in [2.75, 3.05) is 6.61 Å². The Labute approximate surface area is 84.7 Å². The van der Waals surface area contributed by atoms with Gasteiger partial charge in [-0.05, 0) is 29.8 Å². The first-order chi connectivity index (χ1) is 6.16. The predicted molar refractivity (Wildman–Crippen MR) is 52.6 cm³/mol. The van der Waals surface area contributed by atoms with Crippen molar-refractivity contribution in [3.05, 3.63) is 26.8 Å². The molecule has 0 amide bonds. The first-order valence-electron chi connectivity index (χ1n) is 3.96. The highest BCUT2D eigenvalue weighted by Crippen LogP contribution is 2.05. The van der Waals surface area contributed by atoms with Crippen LogP contribution in [-0.4, -0.2) is 16.2 Å². The standard InChI is InChI=1S/C8H11BrN2O2/c1-3-13-5-11-4-10-6(2)7(9)8(11)12/h4H,3,5H2,1-2H3. The molecule has 0 bridgehead atoms. The van der Waals surface area contributed by atoms with E-state index in [1.165, 1.54) is 10.9 Å². The molecule has 0 aliphatic carbocycles. The van der Waals surface area contributed by atoms with E-state index in [0.29, 0.717) is 16.8 Å². The van der Waals surface area contributed by atoms with Crippen LogP contribution in [0, 0.1) is 6.92 Å². The fourth-order valence-corrected chi connectivity index (χ4v) is 1.16. The molecule has 0 fully saturated rings. The van der Waals surface area contributed by atoms with Gasteiger partial charge in [0.15, 0.2) is 0 Å². The molecule has 1 rings (SSSR count). The molecular weight excluding hydrogens is 236 g/mol. The molecule has 1 aromatic heterocycles. The summed E-state index contributed by atoms with van der Waals surface area (Å²) in [7, 11) is 0. The van der Waals surface area contributed by atoms with Gasteiger partial charge in [-0.1, -0.05) is 0 Å². The number of halogens is 1. The molecule has 4 nitrogen and oxygen atoms in total. The van der Waals surface area contributed by atoms with Gasteiger partial charge in [-0.15, -0.1) is 0 Å². The Bertz CT molecular complexity index is 348. The van der Waals surface area contributed by atoms with Gasteiger partial charge < -0.3 is 4.74 Å². The molecule has 0 aliphatic rings. The fourth-order valence-electron chi connectivity index (χ4n) is 0.828. The molecule has 72 valence electrons. The third kappa shape index (κ3) is 2.38. The second-order valence-corrected chi connectivity index (χ2v) is 3.33. The summed E-state index contributed by atoms with van der Waals surface area (Å²) in [5, 5.41) is 0. The lowest BCUT2D eigenvalue weighted by Crippen LogP contribution is -2.23. The monoisotopic (exact) mass is 246 g/mol. The Morgan fingerprint density at radius 1 is 1.69 bits per heavy atom. The number of ether oxygens (including phenoxy) is 1. The van der Waals surface area contributed by atoms with E-state index in [0.717, 1.165) is 0 Å². The van der Waals surface area contributed by atoms with Crippen molar-refractivity contribution < 1.29 is 4.74 Å². The normalized spacial score (nSPS) is 10.4. The van der Waals surface area contributed by atoms with E-state index in [2.05, 4.69) is 20.9 Å². The first kappa shape index (κ1) is 10.4. The maximum Gasteiger partial charge on any atom is 0.269 e. The maximum absolute atomic E-state index is 11.5. The zero-order valence-electron chi connectivity index (χ0n) is 7.58. The van der Waals surface area contributed by atoms with Gasteiger partial charge in [-0.2, -0.15) is 0 Å². The number of rotatable bonds is 3. The topological polar surface area (TPSA) is 44.1 Å². The zero-order valence-corrected chi connectivity index (χ0v) is 9.17. The number of aromatic nitrogens is 2. The minimum absolute atomic E-state index is 0.110. The van der Waals surface area contributed by atoms with Crippen molar-refractivity contribution in [2.24, 2.45) is 0 Å². The van der Waals surface area contributed by atoms with Gasteiger partial charge in [0.25, 0.3) is 5.56 Å². The van der Waals surface area contributed by atoms with Crippen LogP contribution >= 0.6 is 15.9 Å². The second-order valence-electron chi connectivity index (χ2n) is 2.54. The molecule has 1 heterocycles. The molecule has 0 saturated carbocycles. The Balaban J connectivity index is 2.97. The first-order valence-corrected chi connectivity index (χ1v) is 4.75. The molecule has 0 aromatic carbocycles. The third-order valence-corrected chi connectivity index (χ3v) is 2.50. The molecule has 0 unspecified atom stereocenters. The summed E-state index contributed by atoms with van der Waals surface area (Å²) < 4.78 is 7.01. The molecule has 0 spiro atoms. The number of aryl methyl sites for hydroxylation is 1. The van der Waals surface area contributed by atoms with Crippen LogP contribution in [-0.2, 0) is 11.5 Å². The van der Waals surface area contributed by atoms with Crippen LogP contribution in [0.1, 0.15) is 12.6 Å². The Hall–Kier alpha value is -0.680. The van der Waals surface area contributed by atoms with Gasteiger partial charge >= 0.3 is 0 Å². The van der Waals surface area contributed by atoms with E-state index < -0.39 is 0 Å². The van der Waals surface area contributed by atoms with Crippen LogP contribution < -0.4 is 5.56 Å². The van der Waals surface area contributed by atoms with Gasteiger partial charge in [-0.3, -0.25) is 9.36 Å². The molecule has 13 heavy (non-hydrogen) atoms. The minimum Gasteiger partial charge on any atom is -0.361 e. The zero-order chi connectivity index (χ0) is 9.84. The molecule has 1 aromatic rings. The molecule has 0 N–H and O–H groups in total. The highest BCUT2D eigenvalue weighted by Gasteiger charge is 2.04. The quantitative estimate of drug-likeness (QED) is 0.808. The fraction of sp³-hybridized carbons (Fsp3) is 0.500. The molecule has 5 heteroatoms. The lowest BCUT2D eigenvalue weighted by molar-refractivity contribution is 0.0843. The van der Waals surface area contributed by atoms with E-state index in [4.69, 9.17) is 4.74 Å². The van der Waals surface area contributed by atoms with Crippen LogP contribution in [0.5, 0.6) is 0 Å². The molecule has 0 saturated heterocycles. The summed E-state index contributed by atoms with van der Waals surface area (Å²) in [6, 6.07) is 0. The third-order valence-electron chi connectivity index (χ3n) is 1.59. The Morgan fingerprint density at radius 3 is 3.00 bits per heavy atom. The van der Waals surface area contributed by atoms with Gasteiger partial charge in [0, 0.05) is 6.61 Å². The smallest absolute Gasteiger partial charge is 0.269 e. The minimum atomic E-state index is -0.110. The largest absolute Gasteiger partial charge is 0.361 e. The molecule has 0 aliphatic heterocycles. The van der Waals surface area contributed by atoms with E-state index >= 15 is 0 Å². The van der Waals surface area contributed by atoms with Crippen LogP contribution in [0.4, 0.5) is 0 Å². The van der Waals surface area contributed by atoms with Crippen LogP contribution in [0.2, 0.25) is 0 Å². The van der Waals surface area contributed by atoms with Crippen LogP contribution in [0.25, 0.3) is 0 Å². The van der Waals surface area contributed by atoms with Gasteiger partial charge in [0.1, 0.15) is 11.2 Å². The lowest BCUT2D eigenvalue weighted by Gasteiger charge is -2.05. The van der Waals surface area contributed by atoms with Crippen LogP contribution in [0.3, 0.4) is 0 Å². The number of hydrogen-bond acceptors (Lipinski definition) is 3. The summed E-state index contributed by atoms with van der Waals surface area (Å²) in [6.45, 7) is 4.48. The van der Waals surface area contributed by atoms with E-state index in [1.807, 2.05) is 6.92 Å². The summed E-state index contributed by atoms with van der Waals surface area (Å²) in [4.78, 5) is 15.5. The van der Waals surface area contributed by atoms with Crippen molar-refractivity contribution in [3.63, 3.8) is 0 Å². The summed E-state index contributed by atoms with van der Waals surface area (Å²) in [5.41, 5.74) is 0.582. The van der Waals surface area contributed by atoms with E-state index in [-0.39, 0.29) is 12.3 Å². The number of hydrogen-bond donors (Lipinski definition) is 0. The average Bonchev–Trinajstić information content (AvgIpc) is 2.13. The second kappa shape index (κ2) is 4.53. The van der Waals surface area contributed by atoms with Crippen molar-refractivity contribution >= 4 is 15.9 Å². The Kier molecular flexibility index (Phi) is 3.62. The lowest BCUT2D eigenvalue weighted by atomic mass is 10.4. The van der Waals surface area contributed by atoms with Gasteiger partial charge in [-0.25, -0.2) is 4.98 Å². The average molecular weight is 247 g/mol. The number of nitrogens with zero attached hydrogens (tertiary/aromatic N) is 2. The maximum atomic E-state index is 11.5. The summed E-state index contributed by atoms with van der Waals surface area (Å²) >= 11 is 3.17. The van der Waals surface area contributed by atoms with Crippen molar-refractivity contribution in [3.8, 4) is 0 Å². The van der Waals surface area contributed by atoms with Crippen LogP contribution in [0.15, 0.2) is 15.6 Å². The van der Waals surface area contributed by atoms with E-state index in [1.54, 1.807) is 6.92 Å².